The van der Waals surface area contributed by atoms with Crippen molar-refractivity contribution in [1.82, 2.24) is 15.1 Å². The molecule has 2 heterocycles. The van der Waals surface area contributed by atoms with Gasteiger partial charge in [-0.2, -0.15) is 0 Å². The lowest BCUT2D eigenvalue weighted by atomic mass is 9.88. The normalized spacial score (nSPS) is 27.3. The molecule has 2 fully saturated rings. The van der Waals surface area contributed by atoms with E-state index in [4.69, 9.17) is 4.74 Å². The van der Waals surface area contributed by atoms with E-state index in [9.17, 15) is 0 Å². The molecule has 132 valence electrons. The fourth-order valence-corrected chi connectivity index (χ4v) is 3.67. The summed E-state index contributed by atoms with van der Waals surface area (Å²) in [5.74, 6) is 0. The number of nitrogens with zero attached hydrogens (tertiary/aromatic N) is 2. The van der Waals surface area contributed by atoms with E-state index in [1.807, 2.05) is 0 Å². The summed E-state index contributed by atoms with van der Waals surface area (Å²) in [5.41, 5.74) is 0.496. The number of hydrogen-bond acceptors (Lipinski definition) is 4. The highest BCUT2D eigenvalue weighted by Crippen LogP contribution is 2.27. The quantitative estimate of drug-likeness (QED) is 0.737. The first-order valence-corrected chi connectivity index (χ1v) is 8.92. The van der Waals surface area contributed by atoms with Gasteiger partial charge in [-0.1, -0.05) is 20.8 Å². The number of rotatable bonds is 8. The molecular weight excluding hydrogens is 298 g/mol. The smallest absolute Gasteiger partial charge is 0.0600 e. The maximum atomic E-state index is 6.08. The van der Waals surface area contributed by atoms with Crippen molar-refractivity contribution in [2.24, 2.45) is 5.41 Å². The van der Waals surface area contributed by atoms with Gasteiger partial charge in [0.05, 0.1) is 12.7 Å². The molecule has 5 heteroatoms. The number of hydrogen-bond donors (Lipinski definition) is 1. The van der Waals surface area contributed by atoms with Crippen molar-refractivity contribution in [1.29, 1.82) is 0 Å². The first-order valence-electron chi connectivity index (χ1n) is 8.92. The van der Waals surface area contributed by atoms with E-state index in [0.29, 0.717) is 11.5 Å². The Bertz CT molecular complexity index is 286. The van der Waals surface area contributed by atoms with Gasteiger partial charge in [0.1, 0.15) is 0 Å². The number of ether oxygens (including phenoxy) is 1. The first kappa shape index (κ1) is 20.2. The summed E-state index contributed by atoms with van der Waals surface area (Å²) >= 11 is 0. The maximum Gasteiger partial charge on any atom is 0.0600 e. The minimum Gasteiger partial charge on any atom is -0.377 e. The SMILES string of the molecule is CCN(CC)CCOC1CCN(CC2(C)CCNC2)CC1.Cl. The molecule has 2 aliphatic rings. The number of piperidine rings is 1. The average Bonchev–Trinajstić information content (AvgIpc) is 2.92. The van der Waals surface area contributed by atoms with Crippen LogP contribution >= 0.6 is 12.4 Å². The minimum absolute atomic E-state index is 0. The van der Waals surface area contributed by atoms with Crippen LogP contribution in [-0.2, 0) is 4.74 Å². The topological polar surface area (TPSA) is 27.7 Å². The standard InChI is InChI=1S/C17H35N3O.ClH/c1-4-19(5-2)12-13-21-16-6-10-20(11-7-16)15-17(3)8-9-18-14-17;/h16,18H,4-15H2,1-3H3;1H. The molecule has 4 nitrogen and oxygen atoms in total. The van der Waals surface area contributed by atoms with Crippen LogP contribution in [0.2, 0.25) is 0 Å². The van der Waals surface area contributed by atoms with Crippen molar-refractivity contribution in [3.8, 4) is 0 Å². The van der Waals surface area contributed by atoms with Crippen LogP contribution in [0.3, 0.4) is 0 Å². The van der Waals surface area contributed by atoms with Crippen LogP contribution in [-0.4, -0.2) is 74.9 Å². The predicted molar refractivity (Wildman–Crippen MR) is 96.0 cm³/mol. The molecule has 0 spiro atoms. The van der Waals surface area contributed by atoms with Gasteiger partial charge < -0.3 is 19.9 Å². The van der Waals surface area contributed by atoms with Gasteiger partial charge in [0.15, 0.2) is 0 Å². The highest BCUT2D eigenvalue weighted by atomic mass is 35.5. The molecule has 1 unspecified atom stereocenters. The van der Waals surface area contributed by atoms with Gasteiger partial charge in [0.2, 0.25) is 0 Å². The fraction of sp³-hybridized carbons (Fsp3) is 1.00. The molecule has 2 rings (SSSR count). The number of halogens is 1. The third kappa shape index (κ3) is 6.32. The van der Waals surface area contributed by atoms with E-state index in [1.54, 1.807) is 0 Å². The van der Waals surface area contributed by atoms with E-state index in [1.165, 1.54) is 52.0 Å². The Morgan fingerprint density at radius 3 is 2.45 bits per heavy atom. The third-order valence-corrected chi connectivity index (χ3v) is 5.25. The number of nitrogens with one attached hydrogen (secondary N) is 1. The molecule has 1 N–H and O–H groups in total. The Morgan fingerprint density at radius 2 is 1.91 bits per heavy atom. The molecule has 1 atom stereocenters. The van der Waals surface area contributed by atoms with Crippen LogP contribution in [0.1, 0.15) is 40.0 Å². The van der Waals surface area contributed by atoms with Crippen LogP contribution < -0.4 is 5.32 Å². The van der Waals surface area contributed by atoms with E-state index in [-0.39, 0.29) is 12.4 Å². The molecule has 2 aliphatic heterocycles. The molecule has 0 aromatic carbocycles. The highest BCUT2D eigenvalue weighted by Gasteiger charge is 2.32. The summed E-state index contributed by atoms with van der Waals surface area (Å²) in [4.78, 5) is 5.08. The van der Waals surface area contributed by atoms with Crippen molar-refractivity contribution < 1.29 is 4.74 Å². The van der Waals surface area contributed by atoms with Crippen molar-refractivity contribution in [3.63, 3.8) is 0 Å². The summed E-state index contributed by atoms with van der Waals surface area (Å²) in [6, 6.07) is 0. The van der Waals surface area contributed by atoms with E-state index >= 15 is 0 Å². The Morgan fingerprint density at radius 1 is 1.23 bits per heavy atom. The second-order valence-corrected chi connectivity index (χ2v) is 7.11. The van der Waals surface area contributed by atoms with Crippen LogP contribution in [0.25, 0.3) is 0 Å². The number of likely N-dealkylation sites (tertiary alicyclic amines) is 1. The van der Waals surface area contributed by atoms with Gasteiger partial charge in [-0.05, 0) is 44.3 Å². The number of likely N-dealkylation sites (N-methyl/N-ethyl adjacent to an activating group) is 1. The van der Waals surface area contributed by atoms with Crippen molar-refractivity contribution in [2.45, 2.75) is 46.1 Å². The zero-order valence-corrected chi connectivity index (χ0v) is 15.6. The van der Waals surface area contributed by atoms with E-state index < -0.39 is 0 Å². The molecule has 22 heavy (non-hydrogen) atoms. The van der Waals surface area contributed by atoms with Crippen molar-refractivity contribution in [3.05, 3.63) is 0 Å². The van der Waals surface area contributed by atoms with Crippen LogP contribution in [0.4, 0.5) is 0 Å². The molecule has 0 aromatic heterocycles. The van der Waals surface area contributed by atoms with Gasteiger partial charge in [0, 0.05) is 32.7 Å². The molecule has 0 radical (unpaired) electrons. The molecule has 0 aliphatic carbocycles. The highest BCUT2D eigenvalue weighted by molar-refractivity contribution is 5.85. The Kier molecular flexibility index (Phi) is 9.25. The summed E-state index contributed by atoms with van der Waals surface area (Å²) in [5, 5.41) is 3.50. The van der Waals surface area contributed by atoms with Crippen LogP contribution in [0, 0.1) is 5.41 Å². The lowest BCUT2D eigenvalue weighted by Gasteiger charge is -2.37. The Balaban J connectivity index is 0.00000242. The van der Waals surface area contributed by atoms with E-state index in [2.05, 4.69) is 35.9 Å². The predicted octanol–water partition coefficient (Wildman–Crippen LogP) is 2.23. The van der Waals surface area contributed by atoms with Crippen molar-refractivity contribution >= 4 is 12.4 Å². The van der Waals surface area contributed by atoms with Gasteiger partial charge in [-0.25, -0.2) is 0 Å². The maximum absolute atomic E-state index is 6.08. The van der Waals surface area contributed by atoms with Crippen LogP contribution in [0.15, 0.2) is 0 Å². The Labute approximate surface area is 143 Å². The zero-order valence-electron chi connectivity index (χ0n) is 14.8. The zero-order chi connectivity index (χ0) is 15.1. The minimum atomic E-state index is 0. The third-order valence-electron chi connectivity index (χ3n) is 5.25. The summed E-state index contributed by atoms with van der Waals surface area (Å²) in [6.07, 6.45) is 4.24. The average molecular weight is 334 g/mol. The molecule has 2 saturated heterocycles. The van der Waals surface area contributed by atoms with Crippen LogP contribution in [0.5, 0.6) is 0 Å². The molecule has 0 bridgehead atoms. The van der Waals surface area contributed by atoms with Gasteiger partial charge in [0.25, 0.3) is 0 Å². The van der Waals surface area contributed by atoms with Gasteiger partial charge in [-0.15, -0.1) is 12.4 Å². The van der Waals surface area contributed by atoms with E-state index in [0.717, 1.165) is 26.2 Å². The van der Waals surface area contributed by atoms with Gasteiger partial charge in [-0.3, -0.25) is 0 Å². The molecule has 0 aromatic rings. The summed E-state index contributed by atoms with van der Waals surface area (Å²) in [6.45, 7) is 17.2. The molecule has 0 saturated carbocycles. The fourth-order valence-electron chi connectivity index (χ4n) is 3.67. The molecular formula is C17H36ClN3O. The lowest BCUT2D eigenvalue weighted by Crippen LogP contribution is -2.43. The van der Waals surface area contributed by atoms with Crippen molar-refractivity contribution in [2.75, 3.05) is 59.0 Å². The monoisotopic (exact) mass is 333 g/mol. The second-order valence-electron chi connectivity index (χ2n) is 7.11. The molecule has 0 amide bonds. The van der Waals surface area contributed by atoms with Gasteiger partial charge >= 0.3 is 0 Å². The first-order chi connectivity index (χ1) is 10.1. The Hall–Kier alpha value is 0.130. The summed E-state index contributed by atoms with van der Waals surface area (Å²) in [7, 11) is 0. The summed E-state index contributed by atoms with van der Waals surface area (Å²) < 4.78 is 6.08. The largest absolute Gasteiger partial charge is 0.377 e. The lowest BCUT2D eigenvalue weighted by molar-refractivity contribution is -0.00671. The second kappa shape index (κ2) is 10.1.